The number of benzene rings is 1. The highest BCUT2D eigenvalue weighted by Gasteiger charge is 2.12. The minimum Gasteiger partial charge on any atom is -0.495 e. The molecule has 1 aromatic heterocycles. The predicted molar refractivity (Wildman–Crippen MR) is 78.6 cm³/mol. The molecule has 0 bridgehead atoms. The molecule has 1 heterocycles. The van der Waals surface area contributed by atoms with Crippen molar-refractivity contribution in [3.05, 3.63) is 35.1 Å². The summed E-state index contributed by atoms with van der Waals surface area (Å²) in [6.45, 7) is 6.12. The largest absolute Gasteiger partial charge is 0.495 e. The number of hydrogen-bond acceptors (Lipinski definition) is 3. The number of anilines is 1. The number of methoxy groups -OCH3 is 1. The Morgan fingerprint density at radius 3 is 2.74 bits per heavy atom. The Kier molecular flexibility index (Phi) is 4.00. The fourth-order valence-electron chi connectivity index (χ4n) is 1.86. The van der Waals surface area contributed by atoms with E-state index in [9.17, 15) is 0 Å². The lowest BCUT2D eigenvalue weighted by Crippen LogP contribution is -2.14. The second-order valence-electron chi connectivity index (χ2n) is 4.69. The summed E-state index contributed by atoms with van der Waals surface area (Å²) in [5.41, 5.74) is 1.92. The maximum Gasteiger partial charge on any atom is 0.207 e. The zero-order chi connectivity index (χ0) is 14.0. The van der Waals surface area contributed by atoms with Crippen LogP contribution in [0.5, 0.6) is 5.75 Å². The lowest BCUT2D eigenvalue weighted by Gasteiger charge is -2.16. The fraction of sp³-hybridized carbons (Fsp3) is 0.357. The second kappa shape index (κ2) is 5.53. The predicted octanol–water partition coefficient (Wildman–Crippen LogP) is 3.66. The van der Waals surface area contributed by atoms with E-state index in [1.165, 1.54) is 0 Å². The molecule has 0 saturated carbocycles. The van der Waals surface area contributed by atoms with Gasteiger partial charge in [-0.05, 0) is 32.4 Å². The molecule has 102 valence electrons. The first kappa shape index (κ1) is 13.7. The molecule has 4 nitrogen and oxygen atoms in total. The second-order valence-corrected chi connectivity index (χ2v) is 5.10. The minimum atomic E-state index is 0.306. The van der Waals surface area contributed by atoms with Crippen LogP contribution in [0.3, 0.4) is 0 Å². The van der Waals surface area contributed by atoms with E-state index in [0.717, 1.165) is 22.9 Å². The molecule has 0 spiro atoms. The molecule has 5 heteroatoms. The van der Waals surface area contributed by atoms with Crippen LogP contribution < -0.4 is 10.1 Å². The first-order chi connectivity index (χ1) is 9.02. The quantitative estimate of drug-likeness (QED) is 0.928. The number of nitrogens with one attached hydrogen (secondary N) is 1. The molecule has 0 amide bonds. The third-order valence-corrected chi connectivity index (χ3v) is 3.19. The summed E-state index contributed by atoms with van der Waals surface area (Å²) in [6.07, 6.45) is 3.66. The lowest BCUT2D eigenvalue weighted by molar-refractivity contribution is 0.413. The molecule has 19 heavy (non-hydrogen) atoms. The van der Waals surface area contributed by atoms with Crippen LogP contribution in [0.4, 0.5) is 5.95 Å². The van der Waals surface area contributed by atoms with Crippen molar-refractivity contribution in [2.75, 3.05) is 12.4 Å². The number of aromatic nitrogens is 2. The summed E-state index contributed by atoms with van der Waals surface area (Å²) in [5, 5.41) is 3.99. The van der Waals surface area contributed by atoms with Crippen molar-refractivity contribution in [2.24, 2.45) is 0 Å². The van der Waals surface area contributed by atoms with E-state index in [-0.39, 0.29) is 0 Å². The van der Waals surface area contributed by atoms with Gasteiger partial charge in [0, 0.05) is 29.5 Å². The van der Waals surface area contributed by atoms with Crippen molar-refractivity contribution < 1.29 is 4.74 Å². The highest BCUT2D eigenvalue weighted by molar-refractivity contribution is 6.31. The smallest absolute Gasteiger partial charge is 0.207 e. The van der Waals surface area contributed by atoms with Gasteiger partial charge in [-0.15, -0.1) is 0 Å². The van der Waals surface area contributed by atoms with Gasteiger partial charge in [-0.3, -0.25) is 4.57 Å². The third kappa shape index (κ3) is 2.84. The lowest BCUT2D eigenvalue weighted by atomic mass is 10.2. The average molecular weight is 280 g/mol. The van der Waals surface area contributed by atoms with Crippen LogP contribution >= 0.6 is 11.6 Å². The molecule has 0 saturated heterocycles. The normalized spacial score (nSPS) is 10.8. The average Bonchev–Trinajstić information content (AvgIpc) is 2.79. The topological polar surface area (TPSA) is 39.1 Å². The van der Waals surface area contributed by atoms with Gasteiger partial charge >= 0.3 is 0 Å². The number of nitrogens with zero attached hydrogens (tertiary/aromatic N) is 2. The maximum absolute atomic E-state index is 6.13. The molecule has 0 unspecified atom stereocenters. The summed E-state index contributed by atoms with van der Waals surface area (Å²) < 4.78 is 7.36. The van der Waals surface area contributed by atoms with Crippen LogP contribution in [-0.4, -0.2) is 22.7 Å². The van der Waals surface area contributed by atoms with Gasteiger partial charge in [-0.2, -0.15) is 0 Å². The Morgan fingerprint density at radius 2 is 2.11 bits per heavy atom. The molecule has 2 aromatic rings. The van der Waals surface area contributed by atoms with Crippen molar-refractivity contribution in [2.45, 2.75) is 26.8 Å². The number of hydrogen-bond donors (Lipinski definition) is 1. The first-order valence-electron chi connectivity index (χ1n) is 6.17. The van der Waals surface area contributed by atoms with E-state index < -0.39 is 0 Å². The number of imidazole rings is 1. The van der Waals surface area contributed by atoms with Crippen LogP contribution in [0, 0.1) is 6.92 Å². The molecular weight excluding hydrogens is 262 g/mol. The van der Waals surface area contributed by atoms with Crippen LogP contribution in [0.1, 0.15) is 19.4 Å². The molecule has 0 aliphatic heterocycles. The number of rotatable bonds is 4. The number of halogens is 1. The molecule has 0 atom stereocenters. The van der Waals surface area contributed by atoms with Crippen molar-refractivity contribution in [1.82, 2.24) is 9.55 Å². The Labute approximate surface area is 118 Å². The maximum atomic E-state index is 6.13. The van der Waals surface area contributed by atoms with Gasteiger partial charge in [0.2, 0.25) is 5.95 Å². The van der Waals surface area contributed by atoms with Crippen molar-refractivity contribution >= 4 is 17.5 Å². The Bertz CT molecular complexity index is 578. The Morgan fingerprint density at radius 1 is 1.37 bits per heavy atom. The van der Waals surface area contributed by atoms with Crippen LogP contribution in [-0.2, 0) is 0 Å². The molecule has 0 aliphatic carbocycles. The number of aryl methyl sites for hydroxylation is 1. The molecule has 0 fully saturated rings. The number of ether oxygens (including phenoxy) is 1. The van der Waals surface area contributed by atoms with Gasteiger partial charge in [-0.25, -0.2) is 4.98 Å². The summed E-state index contributed by atoms with van der Waals surface area (Å²) in [5.74, 6) is 1.51. The zero-order valence-corrected chi connectivity index (χ0v) is 12.3. The summed E-state index contributed by atoms with van der Waals surface area (Å²) in [7, 11) is 1.64. The molecule has 1 N–H and O–H groups in total. The Balaban J connectivity index is 2.52. The fourth-order valence-corrected chi connectivity index (χ4v) is 2.02. The molecule has 0 radical (unpaired) electrons. The molecule has 1 aromatic carbocycles. The minimum absolute atomic E-state index is 0.306. The highest BCUT2D eigenvalue weighted by Crippen LogP contribution is 2.31. The highest BCUT2D eigenvalue weighted by atomic mass is 35.5. The van der Waals surface area contributed by atoms with E-state index >= 15 is 0 Å². The van der Waals surface area contributed by atoms with E-state index in [2.05, 4.69) is 24.1 Å². The summed E-state index contributed by atoms with van der Waals surface area (Å²) in [6, 6.07) is 4.13. The van der Waals surface area contributed by atoms with Crippen LogP contribution in [0.2, 0.25) is 5.02 Å². The molecule has 2 rings (SSSR count). The van der Waals surface area contributed by atoms with Crippen LogP contribution in [0.15, 0.2) is 24.5 Å². The van der Waals surface area contributed by atoms with Crippen LogP contribution in [0.25, 0.3) is 5.69 Å². The molecular formula is C14H18ClN3O. The van der Waals surface area contributed by atoms with Gasteiger partial charge in [0.25, 0.3) is 0 Å². The standard InChI is InChI=1S/C14H18ClN3O/c1-9(2)17-14-16-5-6-18(14)12-7-10(3)11(15)8-13(12)19-4/h5-9H,1-4H3,(H,16,17). The van der Waals surface area contributed by atoms with Gasteiger partial charge in [0.05, 0.1) is 12.8 Å². The zero-order valence-electron chi connectivity index (χ0n) is 11.6. The van der Waals surface area contributed by atoms with E-state index in [1.807, 2.05) is 29.8 Å². The van der Waals surface area contributed by atoms with Gasteiger partial charge in [0.15, 0.2) is 0 Å². The van der Waals surface area contributed by atoms with Crippen molar-refractivity contribution in [3.8, 4) is 11.4 Å². The summed E-state index contributed by atoms with van der Waals surface area (Å²) >= 11 is 6.13. The van der Waals surface area contributed by atoms with E-state index in [0.29, 0.717) is 11.1 Å². The van der Waals surface area contributed by atoms with Crippen molar-refractivity contribution in [3.63, 3.8) is 0 Å². The SMILES string of the molecule is COc1cc(Cl)c(C)cc1-n1ccnc1NC(C)C. The summed E-state index contributed by atoms with van der Waals surface area (Å²) in [4.78, 5) is 4.32. The monoisotopic (exact) mass is 279 g/mol. The van der Waals surface area contributed by atoms with Crippen molar-refractivity contribution in [1.29, 1.82) is 0 Å². The third-order valence-electron chi connectivity index (χ3n) is 2.78. The Hall–Kier alpha value is -1.68. The van der Waals surface area contributed by atoms with E-state index in [4.69, 9.17) is 16.3 Å². The van der Waals surface area contributed by atoms with Gasteiger partial charge in [-0.1, -0.05) is 11.6 Å². The first-order valence-corrected chi connectivity index (χ1v) is 6.55. The molecule has 0 aliphatic rings. The van der Waals surface area contributed by atoms with Gasteiger partial charge < -0.3 is 10.1 Å². The van der Waals surface area contributed by atoms with Gasteiger partial charge in [0.1, 0.15) is 5.75 Å². The van der Waals surface area contributed by atoms with E-state index in [1.54, 1.807) is 13.3 Å².